The van der Waals surface area contributed by atoms with E-state index in [1.807, 2.05) is 31.2 Å². The molecule has 2 aromatic carbocycles. The van der Waals surface area contributed by atoms with E-state index in [-0.39, 0.29) is 11.4 Å². The number of nitrogens with zero attached hydrogens (tertiary/aromatic N) is 6. The Labute approximate surface area is 168 Å². The van der Waals surface area contributed by atoms with Crippen molar-refractivity contribution in [2.45, 2.75) is 13.0 Å². The predicted octanol–water partition coefficient (Wildman–Crippen LogP) is 2.33. The first-order valence-corrected chi connectivity index (χ1v) is 9.02. The molecule has 0 bridgehead atoms. The summed E-state index contributed by atoms with van der Waals surface area (Å²) in [7, 11) is 0. The number of nitro groups is 1. The molecule has 1 aliphatic heterocycles. The average molecular weight is 402 g/mol. The Morgan fingerprint density at radius 2 is 1.97 bits per heavy atom. The molecule has 30 heavy (non-hydrogen) atoms. The molecule has 2 N–H and O–H groups in total. The van der Waals surface area contributed by atoms with Gasteiger partial charge in [0.25, 0.3) is 11.2 Å². The second-order valence-corrected chi connectivity index (χ2v) is 6.88. The van der Waals surface area contributed by atoms with Crippen LogP contribution in [-0.4, -0.2) is 35.3 Å². The quantitative estimate of drug-likeness (QED) is 0.345. The van der Waals surface area contributed by atoms with Crippen LogP contribution in [0.4, 0.5) is 17.3 Å². The van der Waals surface area contributed by atoms with Crippen molar-refractivity contribution in [1.29, 1.82) is 0 Å². The van der Waals surface area contributed by atoms with Crippen LogP contribution in [0.1, 0.15) is 22.7 Å². The molecule has 0 radical (unpaired) electrons. The molecule has 0 fully saturated rings. The van der Waals surface area contributed by atoms with Gasteiger partial charge in [0.1, 0.15) is 11.7 Å². The standard InChI is InChI=1S/C19H14N8O3/c1-10-5-7-11(8-6-10)17-14-15(12-3-2-4-13(9-12)27(29)30)21-22-18(28)16(14)20-19-23-24-25-26(17)19/h2-9,17H,1H3,(H,22,28)(H,20,23,25). The van der Waals surface area contributed by atoms with Gasteiger partial charge in [-0.05, 0) is 22.9 Å². The number of benzene rings is 2. The fourth-order valence-electron chi connectivity index (χ4n) is 3.58. The van der Waals surface area contributed by atoms with E-state index in [1.54, 1.807) is 16.8 Å². The van der Waals surface area contributed by atoms with Crippen molar-refractivity contribution in [1.82, 2.24) is 30.4 Å². The van der Waals surface area contributed by atoms with Crippen LogP contribution in [0, 0.1) is 17.0 Å². The molecule has 0 spiro atoms. The zero-order valence-corrected chi connectivity index (χ0v) is 15.6. The number of tetrazole rings is 1. The maximum atomic E-state index is 12.6. The van der Waals surface area contributed by atoms with Crippen molar-refractivity contribution < 1.29 is 4.92 Å². The molecule has 5 rings (SSSR count). The number of fused-ring (bicyclic) bond motifs is 2. The highest BCUT2D eigenvalue weighted by atomic mass is 16.6. The monoisotopic (exact) mass is 402 g/mol. The van der Waals surface area contributed by atoms with Crippen molar-refractivity contribution in [2.75, 3.05) is 5.32 Å². The maximum absolute atomic E-state index is 12.6. The van der Waals surface area contributed by atoms with Gasteiger partial charge in [-0.15, -0.1) is 0 Å². The molecule has 0 amide bonds. The van der Waals surface area contributed by atoms with Gasteiger partial charge >= 0.3 is 0 Å². The third-order valence-electron chi connectivity index (χ3n) is 4.99. The van der Waals surface area contributed by atoms with Gasteiger partial charge in [0.05, 0.1) is 10.6 Å². The number of non-ortho nitro benzene ring substituents is 1. The first-order valence-electron chi connectivity index (χ1n) is 9.02. The van der Waals surface area contributed by atoms with E-state index < -0.39 is 16.5 Å². The van der Waals surface area contributed by atoms with Gasteiger partial charge in [-0.1, -0.05) is 47.1 Å². The Balaban J connectivity index is 1.80. The summed E-state index contributed by atoms with van der Waals surface area (Å²) in [6.07, 6.45) is 0. The van der Waals surface area contributed by atoms with Gasteiger partial charge in [0.15, 0.2) is 0 Å². The summed E-state index contributed by atoms with van der Waals surface area (Å²) in [6.45, 7) is 1.98. The summed E-state index contributed by atoms with van der Waals surface area (Å²) < 4.78 is 1.56. The Morgan fingerprint density at radius 3 is 2.73 bits per heavy atom. The molecule has 11 nitrogen and oxygen atoms in total. The Kier molecular flexibility index (Phi) is 3.88. The lowest BCUT2D eigenvalue weighted by molar-refractivity contribution is -0.384. The van der Waals surface area contributed by atoms with E-state index >= 15 is 0 Å². The minimum Gasteiger partial charge on any atom is -0.318 e. The molecule has 1 aliphatic rings. The number of aromatic amines is 1. The minimum atomic E-state index is -0.545. The maximum Gasteiger partial charge on any atom is 0.288 e. The normalized spacial score (nSPS) is 14.5. The molecular weight excluding hydrogens is 388 g/mol. The summed E-state index contributed by atoms with van der Waals surface area (Å²) in [5, 5.41) is 32.7. The molecule has 4 aromatic rings. The second-order valence-electron chi connectivity index (χ2n) is 6.88. The van der Waals surface area contributed by atoms with Gasteiger partial charge < -0.3 is 5.32 Å². The van der Waals surface area contributed by atoms with Gasteiger partial charge in [-0.25, -0.2) is 5.10 Å². The van der Waals surface area contributed by atoms with Gasteiger partial charge in [0, 0.05) is 23.3 Å². The summed E-state index contributed by atoms with van der Waals surface area (Å²) in [6, 6.07) is 13.3. The van der Waals surface area contributed by atoms with E-state index in [0.29, 0.717) is 22.8 Å². The van der Waals surface area contributed by atoms with E-state index in [4.69, 9.17) is 0 Å². The summed E-state index contributed by atoms with van der Waals surface area (Å²) in [5.74, 6) is 0.315. The molecule has 1 atom stereocenters. The van der Waals surface area contributed by atoms with Gasteiger partial charge in [-0.3, -0.25) is 14.9 Å². The van der Waals surface area contributed by atoms with Crippen LogP contribution in [0.2, 0.25) is 0 Å². The van der Waals surface area contributed by atoms with Crippen LogP contribution in [-0.2, 0) is 0 Å². The zero-order valence-electron chi connectivity index (χ0n) is 15.6. The molecule has 0 saturated heterocycles. The zero-order chi connectivity index (χ0) is 20.8. The molecule has 3 heterocycles. The van der Waals surface area contributed by atoms with E-state index in [2.05, 4.69) is 31.0 Å². The van der Waals surface area contributed by atoms with Crippen molar-refractivity contribution in [3.05, 3.63) is 85.7 Å². The smallest absolute Gasteiger partial charge is 0.288 e. The predicted molar refractivity (Wildman–Crippen MR) is 106 cm³/mol. The highest BCUT2D eigenvalue weighted by molar-refractivity contribution is 5.76. The Hall–Kier alpha value is -4.41. The Morgan fingerprint density at radius 1 is 1.17 bits per heavy atom. The third kappa shape index (κ3) is 2.71. The summed E-state index contributed by atoms with van der Waals surface area (Å²) in [5.41, 5.74) is 3.07. The van der Waals surface area contributed by atoms with E-state index in [1.165, 1.54) is 12.1 Å². The van der Waals surface area contributed by atoms with E-state index in [9.17, 15) is 14.9 Å². The lowest BCUT2D eigenvalue weighted by Crippen LogP contribution is -2.29. The third-order valence-corrected chi connectivity index (χ3v) is 4.99. The highest BCUT2D eigenvalue weighted by Crippen LogP contribution is 2.41. The fourth-order valence-corrected chi connectivity index (χ4v) is 3.58. The molecule has 0 aliphatic carbocycles. The number of aryl methyl sites for hydroxylation is 1. The number of hydrogen-bond donors (Lipinski definition) is 2. The average Bonchev–Trinajstić information content (AvgIpc) is 3.22. The first-order chi connectivity index (χ1) is 14.5. The van der Waals surface area contributed by atoms with Crippen LogP contribution in [0.5, 0.6) is 0 Å². The Bertz CT molecular complexity index is 1340. The van der Waals surface area contributed by atoms with Crippen molar-refractivity contribution in [3.8, 4) is 11.3 Å². The SMILES string of the molecule is Cc1ccc(C2c3c(-c4cccc([N+](=O)[O-])c4)n[nH]c(=O)c3Nc3nnnn32)cc1. The minimum absolute atomic E-state index is 0.0759. The van der Waals surface area contributed by atoms with Crippen LogP contribution >= 0.6 is 0 Å². The van der Waals surface area contributed by atoms with Crippen LogP contribution in [0.15, 0.2) is 53.3 Å². The van der Waals surface area contributed by atoms with Crippen molar-refractivity contribution in [2.24, 2.45) is 0 Å². The van der Waals surface area contributed by atoms with Gasteiger partial charge in [0.2, 0.25) is 5.95 Å². The topological polar surface area (TPSA) is 145 Å². The number of nitrogens with one attached hydrogen (secondary N) is 2. The summed E-state index contributed by atoms with van der Waals surface area (Å²) in [4.78, 5) is 23.4. The lowest BCUT2D eigenvalue weighted by Gasteiger charge is -2.27. The van der Waals surface area contributed by atoms with Crippen molar-refractivity contribution >= 4 is 17.3 Å². The first kappa shape index (κ1) is 17.7. The van der Waals surface area contributed by atoms with E-state index in [0.717, 1.165) is 11.1 Å². The largest absolute Gasteiger partial charge is 0.318 e. The fraction of sp³-hybridized carbons (Fsp3) is 0.105. The molecule has 148 valence electrons. The highest BCUT2D eigenvalue weighted by Gasteiger charge is 2.34. The number of rotatable bonds is 3. The van der Waals surface area contributed by atoms with Crippen LogP contribution < -0.4 is 10.9 Å². The van der Waals surface area contributed by atoms with Crippen molar-refractivity contribution in [3.63, 3.8) is 0 Å². The second kappa shape index (κ2) is 6.58. The number of H-pyrrole nitrogens is 1. The molecule has 0 saturated carbocycles. The van der Waals surface area contributed by atoms with Crippen LogP contribution in [0.3, 0.4) is 0 Å². The number of nitro benzene ring substituents is 1. The van der Waals surface area contributed by atoms with Crippen LogP contribution in [0.25, 0.3) is 11.3 Å². The number of hydrogen-bond acceptors (Lipinski definition) is 8. The number of anilines is 2. The van der Waals surface area contributed by atoms with Gasteiger partial charge in [-0.2, -0.15) is 9.78 Å². The molecule has 2 aromatic heterocycles. The number of aromatic nitrogens is 6. The molecular formula is C19H14N8O3. The molecule has 11 heteroatoms. The summed E-state index contributed by atoms with van der Waals surface area (Å²) >= 11 is 0. The molecule has 1 unspecified atom stereocenters. The lowest BCUT2D eigenvalue weighted by atomic mass is 9.92.